The molecule has 0 radical (unpaired) electrons. The molecule has 1 aromatic carbocycles. The lowest BCUT2D eigenvalue weighted by molar-refractivity contribution is -0.151. The van der Waals surface area contributed by atoms with Gasteiger partial charge in [-0.1, -0.05) is 24.3 Å². The average molecular weight is 420 g/mol. The summed E-state index contributed by atoms with van der Waals surface area (Å²) in [4.78, 5) is 43.3. The molecular formula is C23H24N4O4. The minimum atomic E-state index is -0.325. The topological polar surface area (TPSA) is 93.0 Å². The molecule has 0 bridgehead atoms. The molecule has 31 heavy (non-hydrogen) atoms. The molecule has 8 nitrogen and oxygen atoms in total. The highest BCUT2D eigenvalue weighted by Gasteiger charge is 2.28. The van der Waals surface area contributed by atoms with Gasteiger partial charge >= 0.3 is 12.0 Å². The second-order valence-electron chi connectivity index (χ2n) is 7.61. The standard InChI is InChI=1S/C23H24N4O4/c1-16-6-5-9-20-24-19(14-21(28)27(16)20)15-31-22(29)17-10-12-26(13-11-17)23(30)25-18-7-3-2-4-8-18/h2-9,14,17H,10-13,15H2,1H3,(H,25,30). The predicted molar refractivity (Wildman–Crippen MR) is 116 cm³/mol. The van der Waals surface area contributed by atoms with Gasteiger partial charge in [-0.3, -0.25) is 14.0 Å². The summed E-state index contributed by atoms with van der Waals surface area (Å²) in [7, 11) is 0. The molecule has 8 heteroatoms. The average Bonchev–Trinajstić information content (AvgIpc) is 2.78. The van der Waals surface area contributed by atoms with Crippen LogP contribution >= 0.6 is 0 Å². The highest BCUT2D eigenvalue weighted by molar-refractivity contribution is 5.89. The van der Waals surface area contributed by atoms with Crippen LogP contribution < -0.4 is 10.9 Å². The van der Waals surface area contributed by atoms with Gasteiger partial charge in [-0.2, -0.15) is 0 Å². The van der Waals surface area contributed by atoms with Crippen LogP contribution in [0.25, 0.3) is 5.65 Å². The number of aryl methyl sites for hydroxylation is 1. The number of ether oxygens (including phenoxy) is 1. The van der Waals surface area contributed by atoms with Crippen molar-refractivity contribution in [1.82, 2.24) is 14.3 Å². The van der Waals surface area contributed by atoms with Crippen molar-refractivity contribution in [2.24, 2.45) is 5.92 Å². The molecule has 160 valence electrons. The predicted octanol–water partition coefficient (Wildman–Crippen LogP) is 2.99. The van der Waals surface area contributed by atoms with E-state index in [2.05, 4.69) is 10.3 Å². The molecule has 1 aliphatic rings. The van der Waals surface area contributed by atoms with Gasteiger partial charge in [0, 0.05) is 30.5 Å². The van der Waals surface area contributed by atoms with Crippen molar-refractivity contribution in [2.45, 2.75) is 26.4 Å². The van der Waals surface area contributed by atoms with Crippen LogP contribution in [0.4, 0.5) is 10.5 Å². The van der Waals surface area contributed by atoms with Crippen LogP contribution in [0.2, 0.25) is 0 Å². The van der Waals surface area contributed by atoms with E-state index in [9.17, 15) is 14.4 Å². The molecule has 0 unspecified atom stereocenters. The third-order valence-corrected chi connectivity index (χ3v) is 5.44. The molecule has 0 aliphatic carbocycles. The Kier molecular flexibility index (Phi) is 5.97. The number of para-hydroxylation sites is 1. The number of nitrogens with one attached hydrogen (secondary N) is 1. The quantitative estimate of drug-likeness (QED) is 0.655. The largest absolute Gasteiger partial charge is 0.459 e. The Labute approximate surface area is 179 Å². The van der Waals surface area contributed by atoms with Gasteiger partial charge in [0.2, 0.25) is 0 Å². The summed E-state index contributed by atoms with van der Waals surface area (Å²) < 4.78 is 6.94. The number of benzene rings is 1. The van der Waals surface area contributed by atoms with Crippen molar-refractivity contribution >= 4 is 23.3 Å². The smallest absolute Gasteiger partial charge is 0.321 e. The first-order valence-electron chi connectivity index (χ1n) is 10.3. The van der Waals surface area contributed by atoms with Gasteiger partial charge in [-0.25, -0.2) is 9.78 Å². The van der Waals surface area contributed by atoms with E-state index in [0.29, 0.717) is 37.3 Å². The van der Waals surface area contributed by atoms with Crippen molar-refractivity contribution in [2.75, 3.05) is 18.4 Å². The second kappa shape index (κ2) is 8.99. The van der Waals surface area contributed by atoms with Crippen molar-refractivity contribution in [3.63, 3.8) is 0 Å². The zero-order valence-corrected chi connectivity index (χ0v) is 17.3. The van der Waals surface area contributed by atoms with Gasteiger partial charge in [0.1, 0.15) is 12.3 Å². The normalized spacial score (nSPS) is 14.4. The third-order valence-electron chi connectivity index (χ3n) is 5.44. The maximum absolute atomic E-state index is 12.5. The van der Waals surface area contributed by atoms with Gasteiger partial charge in [0.15, 0.2) is 0 Å². The fraction of sp³-hybridized carbons (Fsp3) is 0.304. The first-order chi connectivity index (χ1) is 15.0. The molecule has 0 spiro atoms. The molecule has 1 N–H and O–H groups in total. The number of urea groups is 1. The zero-order chi connectivity index (χ0) is 21.8. The maximum atomic E-state index is 12.5. The number of pyridine rings is 1. The number of rotatable bonds is 4. The molecule has 2 amide bonds. The SMILES string of the molecule is Cc1cccc2nc(COC(=O)C3CCN(C(=O)Nc4ccccc4)CC3)cc(=O)n12. The Hall–Kier alpha value is -3.68. The van der Waals surface area contributed by atoms with E-state index in [-0.39, 0.29) is 30.1 Å². The summed E-state index contributed by atoms with van der Waals surface area (Å²) in [6.07, 6.45) is 1.07. The number of hydrogen-bond acceptors (Lipinski definition) is 5. The molecule has 1 aliphatic heterocycles. The third kappa shape index (κ3) is 4.74. The minimum absolute atomic E-state index is 0.0484. The Morgan fingerprint density at radius 1 is 1.10 bits per heavy atom. The van der Waals surface area contributed by atoms with E-state index in [1.807, 2.05) is 49.4 Å². The number of anilines is 1. The summed E-state index contributed by atoms with van der Waals surface area (Å²) in [5, 5.41) is 2.86. The molecule has 4 rings (SSSR count). The fourth-order valence-corrected chi connectivity index (χ4v) is 3.74. The minimum Gasteiger partial charge on any atom is -0.459 e. The van der Waals surface area contributed by atoms with Crippen LogP contribution in [0, 0.1) is 12.8 Å². The Morgan fingerprint density at radius 3 is 2.58 bits per heavy atom. The van der Waals surface area contributed by atoms with Crippen LogP contribution in [-0.4, -0.2) is 39.4 Å². The highest BCUT2D eigenvalue weighted by Crippen LogP contribution is 2.20. The van der Waals surface area contributed by atoms with E-state index in [1.165, 1.54) is 10.5 Å². The molecule has 3 aromatic rings. The van der Waals surface area contributed by atoms with E-state index in [0.717, 1.165) is 11.4 Å². The summed E-state index contributed by atoms with van der Waals surface area (Å²) >= 11 is 0. The number of fused-ring (bicyclic) bond motifs is 1. The van der Waals surface area contributed by atoms with Gasteiger partial charge in [-0.15, -0.1) is 0 Å². The first-order valence-corrected chi connectivity index (χ1v) is 10.3. The molecule has 2 aromatic heterocycles. The van der Waals surface area contributed by atoms with E-state index < -0.39 is 0 Å². The number of nitrogens with zero attached hydrogens (tertiary/aromatic N) is 3. The van der Waals surface area contributed by atoms with Crippen molar-refractivity contribution in [3.8, 4) is 0 Å². The lowest BCUT2D eigenvalue weighted by atomic mass is 9.97. The van der Waals surface area contributed by atoms with E-state index >= 15 is 0 Å². The van der Waals surface area contributed by atoms with Crippen LogP contribution in [0.5, 0.6) is 0 Å². The Morgan fingerprint density at radius 2 is 1.84 bits per heavy atom. The van der Waals surface area contributed by atoms with Crippen molar-refractivity contribution in [1.29, 1.82) is 0 Å². The number of carbonyl (C=O) groups is 2. The number of hydrogen-bond donors (Lipinski definition) is 1. The van der Waals surface area contributed by atoms with E-state index in [4.69, 9.17) is 4.74 Å². The van der Waals surface area contributed by atoms with E-state index in [1.54, 1.807) is 11.0 Å². The molecule has 1 fully saturated rings. The van der Waals surface area contributed by atoms with Crippen molar-refractivity contribution in [3.05, 3.63) is 76.3 Å². The summed E-state index contributed by atoms with van der Waals surface area (Å²) in [5.41, 5.74) is 2.27. The van der Waals surface area contributed by atoms with Crippen molar-refractivity contribution < 1.29 is 14.3 Å². The van der Waals surface area contributed by atoms with Gasteiger partial charge in [-0.05, 0) is 44.0 Å². The summed E-state index contributed by atoms with van der Waals surface area (Å²) in [5.74, 6) is -0.598. The Balaban J connectivity index is 1.30. The molecule has 3 heterocycles. The number of piperidine rings is 1. The number of carbonyl (C=O) groups excluding carboxylic acids is 2. The summed E-state index contributed by atoms with van der Waals surface area (Å²) in [6, 6.07) is 15.9. The van der Waals surface area contributed by atoms with Gasteiger partial charge < -0.3 is 15.0 Å². The number of amides is 2. The molecule has 0 atom stereocenters. The Bertz CT molecular complexity index is 1150. The lowest BCUT2D eigenvalue weighted by Crippen LogP contribution is -2.42. The van der Waals surface area contributed by atoms with Crippen LogP contribution in [0.15, 0.2) is 59.4 Å². The highest BCUT2D eigenvalue weighted by atomic mass is 16.5. The molecular weight excluding hydrogens is 396 g/mol. The number of aromatic nitrogens is 2. The fourth-order valence-electron chi connectivity index (χ4n) is 3.74. The monoisotopic (exact) mass is 420 g/mol. The van der Waals surface area contributed by atoms with Crippen LogP contribution in [0.1, 0.15) is 24.2 Å². The zero-order valence-electron chi connectivity index (χ0n) is 17.3. The lowest BCUT2D eigenvalue weighted by Gasteiger charge is -2.30. The number of likely N-dealkylation sites (tertiary alicyclic amines) is 1. The number of esters is 1. The van der Waals surface area contributed by atoms with Gasteiger partial charge in [0.25, 0.3) is 5.56 Å². The van der Waals surface area contributed by atoms with Crippen LogP contribution in [-0.2, 0) is 16.1 Å². The second-order valence-corrected chi connectivity index (χ2v) is 7.61. The molecule has 0 saturated carbocycles. The molecule has 1 saturated heterocycles. The summed E-state index contributed by atoms with van der Waals surface area (Å²) in [6.45, 7) is 2.75. The maximum Gasteiger partial charge on any atom is 0.321 e. The van der Waals surface area contributed by atoms with Gasteiger partial charge in [0.05, 0.1) is 11.6 Å². The first kappa shape index (κ1) is 20.6. The van der Waals surface area contributed by atoms with Crippen LogP contribution in [0.3, 0.4) is 0 Å².